The molecule has 144 valence electrons. The van der Waals surface area contributed by atoms with Gasteiger partial charge in [0.25, 0.3) is 5.91 Å². The SMILES string of the molecule is CCOC(=O)CCC(=O)N1CCC(NC(=O)c2ccc3nc[nH]c3c2)CC1. The Morgan fingerprint density at radius 3 is 2.78 bits per heavy atom. The molecule has 0 unspecified atom stereocenters. The molecule has 2 aromatic rings. The summed E-state index contributed by atoms with van der Waals surface area (Å²) in [6.45, 7) is 3.22. The number of fused-ring (bicyclic) bond motifs is 1. The minimum Gasteiger partial charge on any atom is -0.466 e. The number of carbonyl (C=O) groups is 3. The van der Waals surface area contributed by atoms with Crippen molar-refractivity contribution >= 4 is 28.8 Å². The number of imidazole rings is 1. The number of piperidine rings is 1. The number of benzene rings is 1. The van der Waals surface area contributed by atoms with Gasteiger partial charge in [0.1, 0.15) is 0 Å². The van der Waals surface area contributed by atoms with Gasteiger partial charge in [0.2, 0.25) is 5.91 Å². The molecule has 8 nitrogen and oxygen atoms in total. The summed E-state index contributed by atoms with van der Waals surface area (Å²) < 4.78 is 4.84. The summed E-state index contributed by atoms with van der Waals surface area (Å²) in [6, 6.07) is 5.38. The minimum absolute atomic E-state index is 0.0315. The molecule has 0 bridgehead atoms. The number of carbonyl (C=O) groups excluding carboxylic acids is 3. The highest BCUT2D eigenvalue weighted by molar-refractivity contribution is 5.97. The first-order valence-electron chi connectivity index (χ1n) is 9.24. The van der Waals surface area contributed by atoms with Gasteiger partial charge in [-0.15, -0.1) is 0 Å². The second-order valence-electron chi connectivity index (χ2n) is 6.57. The van der Waals surface area contributed by atoms with Crippen molar-refractivity contribution in [3.05, 3.63) is 30.1 Å². The first kappa shape index (κ1) is 18.9. The molecule has 0 radical (unpaired) electrons. The maximum absolute atomic E-state index is 12.5. The number of ether oxygens (including phenoxy) is 1. The molecular formula is C19H24N4O4. The van der Waals surface area contributed by atoms with E-state index in [4.69, 9.17) is 4.74 Å². The van der Waals surface area contributed by atoms with Crippen LogP contribution in [0.3, 0.4) is 0 Å². The van der Waals surface area contributed by atoms with Gasteiger partial charge in [0, 0.05) is 31.1 Å². The standard InChI is InChI=1S/C19H24N4O4/c1-2-27-18(25)6-5-17(24)23-9-7-14(8-10-23)22-19(26)13-3-4-15-16(11-13)21-12-20-15/h3-4,11-12,14H,2,5-10H2,1H3,(H,20,21)(H,22,26). The predicted molar refractivity (Wildman–Crippen MR) is 99.0 cm³/mol. The Labute approximate surface area is 157 Å². The highest BCUT2D eigenvalue weighted by Crippen LogP contribution is 2.15. The van der Waals surface area contributed by atoms with Crippen LogP contribution >= 0.6 is 0 Å². The number of hydrogen-bond acceptors (Lipinski definition) is 5. The van der Waals surface area contributed by atoms with Crippen LogP contribution in [-0.2, 0) is 14.3 Å². The number of esters is 1. The summed E-state index contributed by atoms with van der Waals surface area (Å²) in [5, 5.41) is 3.03. The van der Waals surface area contributed by atoms with Crippen molar-refractivity contribution in [2.75, 3.05) is 19.7 Å². The number of rotatable bonds is 6. The Morgan fingerprint density at radius 2 is 2.04 bits per heavy atom. The smallest absolute Gasteiger partial charge is 0.306 e. The molecule has 2 heterocycles. The lowest BCUT2D eigenvalue weighted by atomic mass is 10.0. The van der Waals surface area contributed by atoms with Crippen molar-refractivity contribution in [1.82, 2.24) is 20.2 Å². The van der Waals surface area contributed by atoms with Gasteiger partial charge in [-0.25, -0.2) is 4.98 Å². The quantitative estimate of drug-likeness (QED) is 0.750. The zero-order chi connectivity index (χ0) is 19.2. The van der Waals surface area contributed by atoms with E-state index < -0.39 is 0 Å². The number of hydrogen-bond donors (Lipinski definition) is 2. The van der Waals surface area contributed by atoms with Crippen LogP contribution in [0.1, 0.15) is 43.0 Å². The first-order valence-corrected chi connectivity index (χ1v) is 9.24. The van der Waals surface area contributed by atoms with Crippen LogP contribution in [0.15, 0.2) is 24.5 Å². The Hall–Kier alpha value is -2.90. The third kappa shape index (κ3) is 4.84. The van der Waals surface area contributed by atoms with E-state index in [9.17, 15) is 14.4 Å². The van der Waals surface area contributed by atoms with Crippen LogP contribution in [0.4, 0.5) is 0 Å². The molecule has 27 heavy (non-hydrogen) atoms. The molecule has 0 atom stereocenters. The van der Waals surface area contributed by atoms with Crippen LogP contribution < -0.4 is 5.32 Å². The van der Waals surface area contributed by atoms with Crippen molar-refractivity contribution in [2.45, 2.75) is 38.6 Å². The molecule has 3 rings (SSSR count). The topological polar surface area (TPSA) is 104 Å². The Bertz CT molecular complexity index is 824. The molecule has 1 aliphatic rings. The van der Waals surface area contributed by atoms with Crippen LogP contribution in [-0.4, -0.2) is 58.4 Å². The predicted octanol–water partition coefficient (Wildman–Crippen LogP) is 1.63. The molecule has 1 fully saturated rings. The van der Waals surface area contributed by atoms with Gasteiger partial charge >= 0.3 is 5.97 Å². The Balaban J connectivity index is 1.45. The monoisotopic (exact) mass is 372 g/mol. The fourth-order valence-electron chi connectivity index (χ4n) is 3.22. The van der Waals surface area contributed by atoms with Gasteiger partial charge in [-0.2, -0.15) is 0 Å². The first-order chi connectivity index (χ1) is 13.1. The van der Waals surface area contributed by atoms with Crippen molar-refractivity contribution < 1.29 is 19.1 Å². The fraction of sp³-hybridized carbons (Fsp3) is 0.474. The van der Waals surface area contributed by atoms with Gasteiger partial charge in [0.05, 0.1) is 30.4 Å². The van der Waals surface area contributed by atoms with Crippen LogP contribution in [0.2, 0.25) is 0 Å². The third-order valence-electron chi connectivity index (χ3n) is 4.71. The van der Waals surface area contributed by atoms with Gasteiger partial charge in [0.15, 0.2) is 0 Å². The lowest BCUT2D eigenvalue weighted by molar-refractivity contribution is -0.145. The average molecular weight is 372 g/mol. The second kappa shape index (κ2) is 8.66. The number of aromatic nitrogens is 2. The van der Waals surface area contributed by atoms with Crippen LogP contribution in [0.5, 0.6) is 0 Å². The fourth-order valence-corrected chi connectivity index (χ4v) is 3.22. The van der Waals surface area contributed by atoms with E-state index in [1.54, 1.807) is 30.3 Å². The largest absolute Gasteiger partial charge is 0.466 e. The van der Waals surface area contributed by atoms with Crippen LogP contribution in [0.25, 0.3) is 11.0 Å². The third-order valence-corrected chi connectivity index (χ3v) is 4.71. The molecule has 2 amide bonds. The zero-order valence-electron chi connectivity index (χ0n) is 15.4. The molecule has 0 spiro atoms. The summed E-state index contributed by atoms with van der Waals surface area (Å²) in [5.74, 6) is -0.515. The number of H-pyrrole nitrogens is 1. The molecule has 1 aromatic heterocycles. The van der Waals surface area contributed by atoms with E-state index in [1.165, 1.54) is 0 Å². The van der Waals surface area contributed by atoms with E-state index in [-0.39, 0.29) is 36.7 Å². The average Bonchev–Trinajstić information content (AvgIpc) is 3.14. The molecule has 1 aromatic carbocycles. The van der Waals surface area contributed by atoms with E-state index >= 15 is 0 Å². The summed E-state index contributed by atoms with van der Waals surface area (Å²) in [7, 11) is 0. The van der Waals surface area contributed by atoms with Gasteiger partial charge < -0.3 is 19.9 Å². The van der Waals surface area contributed by atoms with Gasteiger partial charge in [-0.3, -0.25) is 14.4 Å². The summed E-state index contributed by atoms with van der Waals surface area (Å²) in [4.78, 5) is 44.9. The highest BCUT2D eigenvalue weighted by Gasteiger charge is 2.24. The number of nitrogens with one attached hydrogen (secondary N) is 2. The van der Waals surface area contributed by atoms with E-state index in [0.717, 1.165) is 11.0 Å². The van der Waals surface area contributed by atoms with E-state index in [2.05, 4.69) is 15.3 Å². The van der Waals surface area contributed by atoms with E-state index in [0.29, 0.717) is 38.1 Å². The molecular weight excluding hydrogens is 348 g/mol. The van der Waals surface area contributed by atoms with Gasteiger partial charge in [-0.05, 0) is 38.0 Å². The highest BCUT2D eigenvalue weighted by atomic mass is 16.5. The minimum atomic E-state index is -0.345. The molecule has 0 saturated carbocycles. The summed E-state index contributed by atoms with van der Waals surface area (Å²) in [5.41, 5.74) is 2.23. The zero-order valence-corrected chi connectivity index (χ0v) is 15.4. The Kier molecular flexibility index (Phi) is 6.05. The molecule has 8 heteroatoms. The van der Waals surface area contributed by atoms with Crippen molar-refractivity contribution in [3.8, 4) is 0 Å². The maximum atomic E-state index is 12.5. The number of amides is 2. The van der Waals surface area contributed by atoms with Gasteiger partial charge in [-0.1, -0.05) is 0 Å². The lowest BCUT2D eigenvalue weighted by Gasteiger charge is -2.32. The molecule has 1 aliphatic heterocycles. The summed E-state index contributed by atoms with van der Waals surface area (Å²) in [6.07, 6.45) is 3.27. The Morgan fingerprint density at radius 1 is 1.26 bits per heavy atom. The van der Waals surface area contributed by atoms with Crippen molar-refractivity contribution in [1.29, 1.82) is 0 Å². The number of likely N-dealkylation sites (tertiary alicyclic amines) is 1. The van der Waals surface area contributed by atoms with Crippen molar-refractivity contribution in [3.63, 3.8) is 0 Å². The second-order valence-corrected chi connectivity index (χ2v) is 6.57. The number of nitrogens with zero attached hydrogens (tertiary/aromatic N) is 2. The number of aromatic amines is 1. The maximum Gasteiger partial charge on any atom is 0.306 e. The normalized spacial score (nSPS) is 14.9. The molecule has 0 aliphatic carbocycles. The molecule has 1 saturated heterocycles. The van der Waals surface area contributed by atoms with Crippen molar-refractivity contribution in [2.24, 2.45) is 0 Å². The molecule has 2 N–H and O–H groups in total. The lowest BCUT2D eigenvalue weighted by Crippen LogP contribution is -2.46. The van der Waals surface area contributed by atoms with E-state index in [1.807, 2.05) is 6.07 Å². The van der Waals surface area contributed by atoms with Crippen LogP contribution in [0, 0.1) is 0 Å². The summed E-state index contributed by atoms with van der Waals surface area (Å²) >= 11 is 0.